The number of unbranched alkanes of at least 4 members (excludes halogenated alkanes) is 40. The van der Waals surface area contributed by atoms with E-state index >= 15 is 0 Å². The van der Waals surface area contributed by atoms with Gasteiger partial charge in [0.2, 0.25) is 5.91 Å². The molecule has 1 saturated heterocycles. The Morgan fingerprint density at radius 3 is 1.17 bits per heavy atom. The lowest BCUT2D eigenvalue weighted by atomic mass is 9.99. The van der Waals surface area contributed by atoms with E-state index in [4.69, 9.17) is 9.47 Å². The highest BCUT2D eigenvalue weighted by Crippen LogP contribution is 2.23. The van der Waals surface area contributed by atoms with Crippen molar-refractivity contribution in [2.45, 2.75) is 346 Å². The van der Waals surface area contributed by atoms with Gasteiger partial charge in [-0.05, 0) is 44.9 Å². The van der Waals surface area contributed by atoms with Gasteiger partial charge in [-0.2, -0.15) is 0 Å². The average Bonchev–Trinajstić information content (AvgIpc) is 3.38. The number of rotatable bonds is 54. The standard InChI is InChI=1S/C63H119NO8/c1-3-5-7-9-11-13-15-17-19-21-23-25-27-28-29-30-31-32-34-36-38-40-42-44-46-48-50-52-57(66)56(55-71-63-62(70)61(69)60(68)58(54-65)72-63)64-59(67)53-51-49-47-45-43-41-39-37-35-33-26-24-22-20-18-16-14-12-10-8-6-4-2/h34,36,42,44,50,52,56-58,60-63,65-66,68-70H,3-33,35,37-41,43,45-49,51,53-55H2,1-2H3,(H,64,67)/b36-34+,44-42+,52-50+. The zero-order valence-electron chi connectivity index (χ0n) is 47.2. The highest BCUT2D eigenvalue weighted by atomic mass is 16.7. The molecular formula is C63H119NO8. The van der Waals surface area contributed by atoms with E-state index in [2.05, 4.69) is 43.5 Å². The van der Waals surface area contributed by atoms with E-state index < -0.39 is 49.5 Å². The van der Waals surface area contributed by atoms with Crippen LogP contribution < -0.4 is 5.32 Å². The Balaban J connectivity index is 2.22. The first-order chi connectivity index (χ1) is 35.3. The van der Waals surface area contributed by atoms with E-state index in [1.807, 2.05) is 6.08 Å². The van der Waals surface area contributed by atoms with Gasteiger partial charge in [-0.1, -0.05) is 288 Å². The maximum Gasteiger partial charge on any atom is 0.220 e. The zero-order chi connectivity index (χ0) is 52.2. The fraction of sp³-hybridized carbons (Fsp3) is 0.889. The Morgan fingerprint density at radius 2 is 0.792 bits per heavy atom. The first-order valence-corrected chi connectivity index (χ1v) is 31.2. The van der Waals surface area contributed by atoms with Crippen molar-refractivity contribution in [2.24, 2.45) is 0 Å². The molecule has 1 rings (SSSR count). The minimum atomic E-state index is -1.57. The molecule has 0 aromatic carbocycles. The fourth-order valence-corrected chi connectivity index (χ4v) is 10.0. The molecule has 6 N–H and O–H groups in total. The van der Waals surface area contributed by atoms with E-state index in [0.29, 0.717) is 6.42 Å². The lowest BCUT2D eigenvalue weighted by Crippen LogP contribution is -2.60. The molecule has 1 heterocycles. The van der Waals surface area contributed by atoms with Gasteiger partial charge < -0.3 is 40.3 Å². The van der Waals surface area contributed by atoms with Crippen LogP contribution in [0.2, 0.25) is 0 Å². The molecule has 1 fully saturated rings. The maximum atomic E-state index is 13.1. The number of ether oxygens (including phenoxy) is 2. The summed E-state index contributed by atoms with van der Waals surface area (Å²) in [6.07, 6.45) is 62.3. The summed E-state index contributed by atoms with van der Waals surface area (Å²) >= 11 is 0. The highest BCUT2D eigenvalue weighted by molar-refractivity contribution is 5.76. The first kappa shape index (κ1) is 68.4. The number of nitrogens with one attached hydrogen (secondary N) is 1. The summed E-state index contributed by atoms with van der Waals surface area (Å²) in [6.45, 7) is 3.80. The van der Waals surface area contributed by atoms with Crippen LogP contribution in [0.3, 0.4) is 0 Å². The monoisotopic (exact) mass is 1020 g/mol. The maximum absolute atomic E-state index is 13.1. The quantitative estimate of drug-likeness (QED) is 0.0261. The Kier molecular flexibility index (Phi) is 50.2. The molecule has 0 aromatic heterocycles. The third-order valence-electron chi connectivity index (χ3n) is 14.9. The van der Waals surface area contributed by atoms with Gasteiger partial charge in [0.05, 0.1) is 25.4 Å². The molecule has 9 nitrogen and oxygen atoms in total. The van der Waals surface area contributed by atoms with Gasteiger partial charge in [-0.25, -0.2) is 0 Å². The summed E-state index contributed by atoms with van der Waals surface area (Å²) in [5, 5.41) is 54.6. The molecule has 1 aliphatic rings. The summed E-state index contributed by atoms with van der Waals surface area (Å²) < 4.78 is 11.3. The third-order valence-corrected chi connectivity index (χ3v) is 14.9. The van der Waals surface area contributed by atoms with Gasteiger partial charge in [0.25, 0.3) is 0 Å². The summed E-state index contributed by atoms with van der Waals surface area (Å²) in [5.74, 6) is -0.185. The number of allylic oxidation sites excluding steroid dienone is 5. The minimum absolute atomic E-state index is 0.185. The second kappa shape index (κ2) is 52.8. The van der Waals surface area contributed by atoms with Crippen LogP contribution in [-0.2, 0) is 14.3 Å². The van der Waals surface area contributed by atoms with Crippen LogP contribution in [0.5, 0.6) is 0 Å². The number of carbonyl (C=O) groups excluding carboxylic acids is 1. The van der Waals surface area contributed by atoms with Crippen LogP contribution in [-0.4, -0.2) is 87.5 Å². The predicted molar refractivity (Wildman–Crippen MR) is 304 cm³/mol. The summed E-state index contributed by atoms with van der Waals surface area (Å²) in [5.41, 5.74) is 0. The van der Waals surface area contributed by atoms with Crippen molar-refractivity contribution in [3.8, 4) is 0 Å². The largest absolute Gasteiger partial charge is 0.394 e. The molecule has 7 unspecified atom stereocenters. The molecule has 1 aliphatic heterocycles. The van der Waals surface area contributed by atoms with Gasteiger partial charge in [-0.15, -0.1) is 0 Å². The number of hydrogen-bond acceptors (Lipinski definition) is 8. The molecule has 424 valence electrons. The molecule has 72 heavy (non-hydrogen) atoms. The Labute approximate surface area is 444 Å². The third kappa shape index (κ3) is 41.6. The second-order valence-electron chi connectivity index (χ2n) is 21.8. The average molecular weight is 1020 g/mol. The van der Waals surface area contributed by atoms with Crippen molar-refractivity contribution in [2.75, 3.05) is 13.2 Å². The first-order valence-electron chi connectivity index (χ1n) is 31.2. The number of amides is 1. The van der Waals surface area contributed by atoms with Gasteiger partial charge >= 0.3 is 0 Å². The normalized spacial score (nSPS) is 19.3. The lowest BCUT2D eigenvalue weighted by molar-refractivity contribution is -0.302. The van der Waals surface area contributed by atoms with E-state index in [9.17, 15) is 30.3 Å². The SMILES string of the molecule is CCCCCCCCCCCCCCCCCCC/C=C/CC/C=C/CC/C=C/C(O)C(COC1OC(CO)C(O)C(O)C1O)NC(=O)CCCCCCCCCCCCCCCCCCCCCCCC. The summed E-state index contributed by atoms with van der Waals surface area (Å²) in [7, 11) is 0. The topological polar surface area (TPSA) is 149 Å². The van der Waals surface area contributed by atoms with Crippen LogP contribution in [0, 0.1) is 0 Å². The van der Waals surface area contributed by atoms with E-state index in [1.54, 1.807) is 6.08 Å². The highest BCUT2D eigenvalue weighted by Gasteiger charge is 2.44. The molecule has 0 spiro atoms. The minimum Gasteiger partial charge on any atom is -0.394 e. The Hall–Kier alpha value is -1.59. The van der Waals surface area contributed by atoms with Gasteiger partial charge in [0, 0.05) is 6.42 Å². The molecule has 0 bridgehead atoms. The van der Waals surface area contributed by atoms with Crippen LogP contribution in [0.4, 0.5) is 0 Å². The molecule has 0 radical (unpaired) electrons. The van der Waals surface area contributed by atoms with Crippen molar-refractivity contribution in [1.29, 1.82) is 0 Å². The number of hydrogen-bond donors (Lipinski definition) is 6. The molecular weight excluding hydrogens is 899 g/mol. The number of aliphatic hydroxyl groups is 5. The summed E-state index contributed by atoms with van der Waals surface area (Å²) in [6, 6.07) is -0.827. The van der Waals surface area contributed by atoms with Gasteiger partial charge in [-0.3, -0.25) is 4.79 Å². The van der Waals surface area contributed by atoms with Crippen molar-refractivity contribution in [3.63, 3.8) is 0 Å². The Morgan fingerprint density at radius 1 is 0.458 bits per heavy atom. The van der Waals surface area contributed by atoms with Crippen molar-refractivity contribution >= 4 is 5.91 Å². The molecule has 7 atom stereocenters. The molecule has 9 heteroatoms. The van der Waals surface area contributed by atoms with Crippen molar-refractivity contribution in [1.82, 2.24) is 5.32 Å². The zero-order valence-corrected chi connectivity index (χ0v) is 47.2. The summed E-state index contributed by atoms with van der Waals surface area (Å²) in [4.78, 5) is 13.1. The van der Waals surface area contributed by atoms with Crippen LogP contribution in [0.1, 0.15) is 303 Å². The smallest absolute Gasteiger partial charge is 0.220 e. The molecule has 1 amide bonds. The molecule has 0 aromatic rings. The number of aliphatic hydroxyl groups excluding tert-OH is 5. The van der Waals surface area contributed by atoms with Gasteiger partial charge in [0.1, 0.15) is 24.4 Å². The van der Waals surface area contributed by atoms with Crippen LogP contribution >= 0.6 is 0 Å². The van der Waals surface area contributed by atoms with Crippen molar-refractivity contribution < 1.29 is 39.8 Å². The van der Waals surface area contributed by atoms with E-state index in [1.165, 1.54) is 238 Å². The predicted octanol–water partition coefficient (Wildman–Crippen LogP) is 15.9. The Bertz CT molecular complexity index is 1230. The van der Waals surface area contributed by atoms with Crippen LogP contribution in [0.15, 0.2) is 36.5 Å². The fourth-order valence-electron chi connectivity index (χ4n) is 10.0. The van der Waals surface area contributed by atoms with Crippen molar-refractivity contribution in [3.05, 3.63) is 36.5 Å². The van der Waals surface area contributed by atoms with Crippen LogP contribution in [0.25, 0.3) is 0 Å². The second-order valence-corrected chi connectivity index (χ2v) is 21.8. The van der Waals surface area contributed by atoms with Gasteiger partial charge in [0.15, 0.2) is 6.29 Å². The number of carbonyl (C=O) groups is 1. The molecule has 0 saturated carbocycles. The molecule has 0 aliphatic carbocycles. The lowest BCUT2D eigenvalue weighted by Gasteiger charge is -2.40. The van der Waals surface area contributed by atoms with E-state index in [0.717, 1.165) is 44.9 Å². The van der Waals surface area contributed by atoms with E-state index in [-0.39, 0.29) is 12.5 Å².